The Morgan fingerprint density at radius 2 is 2.11 bits per heavy atom. The maximum absolute atomic E-state index is 13.1. The molecule has 0 atom stereocenters. The van der Waals surface area contributed by atoms with Crippen LogP contribution in [0.2, 0.25) is 0 Å². The number of aromatic nitrogens is 2. The van der Waals surface area contributed by atoms with Crippen molar-refractivity contribution < 1.29 is 4.92 Å². The van der Waals surface area contributed by atoms with E-state index in [1.54, 1.807) is 22.8 Å². The number of rotatable bonds is 7. The number of non-ortho nitro benzene ring substituents is 1. The monoisotopic (exact) mass is 399 g/mol. The van der Waals surface area contributed by atoms with Crippen LogP contribution in [-0.4, -0.2) is 14.5 Å². The molecule has 8 heteroatoms. The first-order valence-electron chi connectivity index (χ1n) is 8.57. The number of fused-ring (bicyclic) bond motifs is 1. The van der Waals surface area contributed by atoms with Gasteiger partial charge in [0.1, 0.15) is 4.83 Å². The average molecular weight is 399 g/mol. The van der Waals surface area contributed by atoms with Crippen molar-refractivity contribution in [3.05, 3.63) is 73.9 Å². The van der Waals surface area contributed by atoms with Gasteiger partial charge in [-0.1, -0.05) is 30.0 Å². The van der Waals surface area contributed by atoms with Gasteiger partial charge in [0, 0.05) is 24.4 Å². The van der Waals surface area contributed by atoms with Gasteiger partial charge >= 0.3 is 0 Å². The zero-order chi connectivity index (χ0) is 19.0. The fraction of sp³-hybridized carbons (Fsp3) is 0.263. The highest BCUT2D eigenvalue weighted by molar-refractivity contribution is 7.98. The van der Waals surface area contributed by atoms with E-state index in [9.17, 15) is 14.9 Å². The van der Waals surface area contributed by atoms with Crippen LogP contribution in [0, 0.1) is 10.1 Å². The van der Waals surface area contributed by atoms with Gasteiger partial charge in [-0.15, -0.1) is 17.9 Å². The van der Waals surface area contributed by atoms with Gasteiger partial charge < -0.3 is 0 Å². The number of nitro benzene ring substituents is 1. The van der Waals surface area contributed by atoms with E-state index >= 15 is 0 Å². The van der Waals surface area contributed by atoms with Gasteiger partial charge in [-0.05, 0) is 35.3 Å². The Morgan fingerprint density at radius 3 is 2.74 bits per heavy atom. The molecule has 27 heavy (non-hydrogen) atoms. The highest BCUT2D eigenvalue weighted by atomic mass is 32.2. The number of nitro groups is 1. The van der Waals surface area contributed by atoms with E-state index in [4.69, 9.17) is 4.98 Å². The fourth-order valence-corrected chi connectivity index (χ4v) is 5.01. The molecule has 0 aliphatic heterocycles. The Bertz CT molecular complexity index is 1080. The average Bonchev–Trinajstić information content (AvgIpc) is 3.42. The van der Waals surface area contributed by atoms with Crippen LogP contribution in [0.4, 0.5) is 5.69 Å². The van der Waals surface area contributed by atoms with E-state index in [0.29, 0.717) is 23.4 Å². The van der Waals surface area contributed by atoms with Crippen LogP contribution in [-0.2, 0) is 12.3 Å². The molecule has 138 valence electrons. The first kappa shape index (κ1) is 17.9. The van der Waals surface area contributed by atoms with Gasteiger partial charge in [-0.3, -0.25) is 19.5 Å². The Balaban J connectivity index is 1.66. The predicted molar refractivity (Wildman–Crippen MR) is 109 cm³/mol. The van der Waals surface area contributed by atoms with E-state index < -0.39 is 4.92 Å². The van der Waals surface area contributed by atoms with Crippen LogP contribution in [0.15, 0.2) is 52.3 Å². The number of hydrogen-bond donors (Lipinski definition) is 0. The highest BCUT2D eigenvalue weighted by Crippen LogP contribution is 2.44. The van der Waals surface area contributed by atoms with Crippen LogP contribution in [0.5, 0.6) is 0 Å². The fourth-order valence-electron chi connectivity index (χ4n) is 2.98. The summed E-state index contributed by atoms with van der Waals surface area (Å²) in [6, 6.07) is 6.45. The highest BCUT2D eigenvalue weighted by Gasteiger charge is 2.28. The Morgan fingerprint density at radius 1 is 1.37 bits per heavy atom. The molecule has 2 heterocycles. The first-order chi connectivity index (χ1) is 13.1. The Kier molecular flexibility index (Phi) is 4.84. The van der Waals surface area contributed by atoms with Gasteiger partial charge in [0.25, 0.3) is 11.2 Å². The molecule has 0 amide bonds. The number of hydrogen-bond acceptors (Lipinski definition) is 6. The molecule has 0 bridgehead atoms. The SMILES string of the molecule is C=CCn1c(SCc2ccc([N+](=O)[O-])cc2)nc2scc(C3CC3)c2c1=O. The second kappa shape index (κ2) is 7.28. The molecule has 0 saturated heterocycles. The summed E-state index contributed by atoms with van der Waals surface area (Å²) >= 11 is 2.98. The van der Waals surface area contributed by atoms with E-state index in [-0.39, 0.29) is 11.2 Å². The molecule has 0 spiro atoms. The van der Waals surface area contributed by atoms with E-state index in [1.807, 2.05) is 0 Å². The van der Waals surface area contributed by atoms with E-state index in [0.717, 1.165) is 34.2 Å². The molecule has 1 fully saturated rings. The van der Waals surface area contributed by atoms with Crippen molar-refractivity contribution in [2.24, 2.45) is 0 Å². The van der Waals surface area contributed by atoms with Gasteiger partial charge in [0.2, 0.25) is 0 Å². The molecule has 6 nitrogen and oxygen atoms in total. The third kappa shape index (κ3) is 3.54. The van der Waals surface area contributed by atoms with Crippen molar-refractivity contribution in [3.8, 4) is 0 Å². The number of thiophene rings is 1. The van der Waals surface area contributed by atoms with Crippen LogP contribution >= 0.6 is 23.1 Å². The van der Waals surface area contributed by atoms with E-state index in [1.165, 1.54) is 35.2 Å². The van der Waals surface area contributed by atoms with Gasteiger partial charge in [-0.25, -0.2) is 4.98 Å². The van der Waals surface area contributed by atoms with Crippen LogP contribution < -0.4 is 5.56 Å². The quantitative estimate of drug-likeness (QED) is 0.189. The van der Waals surface area contributed by atoms with Crippen LogP contribution in [0.25, 0.3) is 10.2 Å². The standard InChI is InChI=1S/C19H17N3O3S2/c1-2-9-21-18(23)16-15(13-5-6-13)11-26-17(16)20-19(21)27-10-12-3-7-14(8-4-12)22(24)25/h2-4,7-8,11,13H,1,5-6,9-10H2. The first-order valence-corrected chi connectivity index (χ1v) is 10.4. The lowest BCUT2D eigenvalue weighted by Crippen LogP contribution is -2.22. The number of allylic oxidation sites excluding steroid dienone is 1. The zero-order valence-corrected chi connectivity index (χ0v) is 16.1. The van der Waals surface area contributed by atoms with Gasteiger partial charge in [0.05, 0.1) is 10.3 Å². The smallest absolute Gasteiger partial charge is 0.269 e. The third-order valence-corrected chi connectivity index (χ3v) is 6.47. The van der Waals surface area contributed by atoms with Crippen molar-refractivity contribution in [1.82, 2.24) is 9.55 Å². The summed E-state index contributed by atoms with van der Waals surface area (Å²) in [6.45, 7) is 4.17. The summed E-state index contributed by atoms with van der Waals surface area (Å²) in [5.74, 6) is 1.08. The number of nitrogens with zero attached hydrogens (tertiary/aromatic N) is 3. The van der Waals surface area contributed by atoms with Gasteiger partial charge in [0.15, 0.2) is 5.16 Å². The lowest BCUT2D eigenvalue weighted by atomic mass is 10.1. The molecule has 1 aliphatic carbocycles. The second-order valence-corrected chi connectivity index (χ2v) is 8.26. The molecular formula is C19H17N3O3S2. The number of thioether (sulfide) groups is 1. The Labute approximate surface area is 163 Å². The lowest BCUT2D eigenvalue weighted by Gasteiger charge is -2.10. The zero-order valence-electron chi connectivity index (χ0n) is 14.5. The van der Waals surface area contributed by atoms with Crippen LogP contribution in [0.3, 0.4) is 0 Å². The molecule has 1 saturated carbocycles. The summed E-state index contributed by atoms with van der Waals surface area (Å²) < 4.78 is 1.67. The molecule has 3 aromatic rings. The molecule has 0 unspecified atom stereocenters. The predicted octanol–water partition coefficient (Wildman–Crippen LogP) is 4.72. The van der Waals surface area contributed by atoms with Crippen molar-refractivity contribution in [2.75, 3.05) is 0 Å². The molecular weight excluding hydrogens is 382 g/mol. The summed E-state index contributed by atoms with van der Waals surface area (Å²) in [5, 5.41) is 14.2. The summed E-state index contributed by atoms with van der Waals surface area (Å²) in [4.78, 5) is 29.0. The lowest BCUT2D eigenvalue weighted by molar-refractivity contribution is -0.384. The minimum absolute atomic E-state index is 0.00532. The molecule has 0 N–H and O–H groups in total. The van der Waals surface area contributed by atoms with Gasteiger partial charge in [-0.2, -0.15) is 0 Å². The maximum Gasteiger partial charge on any atom is 0.269 e. The van der Waals surface area contributed by atoms with Crippen LogP contribution in [0.1, 0.15) is 29.9 Å². The van der Waals surface area contributed by atoms with E-state index in [2.05, 4.69) is 12.0 Å². The molecule has 1 aliphatic rings. The topological polar surface area (TPSA) is 78.0 Å². The molecule has 1 aromatic carbocycles. The summed E-state index contributed by atoms with van der Waals surface area (Å²) in [6.07, 6.45) is 3.99. The summed E-state index contributed by atoms with van der Waals surface area (Å²) in [5.41, 5.74) is 2.14. The van der Waals surface area contributed by atoms with Crippen molar-refractivity contribution in [1.29, 1.82) is 0 Å². The molecule has 0 radical (unpaired) electrons. The summed E-state index contributed by atoms with van der Waals surface area (Å²) in [7, 11) is 0. The van der Waals surface area contributed by atoms with Crippen molar-refractivity contribution in [2.45, 2.75) is 36.2 Å². The van der Waals surface area contributed by atoms with Crippen molar-refractivity contribution in [3.63, 3.8) is 0 Å². The Hall–Kier alpha value is -2.45. The third-order valence-electron chi connectivity index (χ3n) is 4.53. The largest absolute Gasteiger partial charge is 0.283 e. The number of benzene rings is 1. The minimum Gasteiger partial charge on any atom is -0.283 e. The molecule has 2 aromatic heterocycles. The maximum atomic E-state index is 13.1. The normalized spacial score (nSPS) is 13.8. The minimum atomic E-state index is -0.414. The molecule has 4 rings (SSSR count). The van der Waals surface area contributed by atoms with Crippen molar-refractivity contribution >= 4 is 39.0 Å². The second-order valence-electron chi connectivity index (χ2n) is 6.46.